The van der Waals surface area contributed by atoms with E-state index in [1.165, 1.54) is 11.1 Å². The van der Waals surface area contributed by atoms with Crippen LogP contribution in [0.15, 0.2) is 18.2 Å². The molecule has 22 heavy (non-hydrogen) atoms. The van der Waals surface area contributed by atoms with E-state index in [1.807, 2.05) is 6.07 Å². The summed E-state index contributed by atoms with van der Waals surface area (Å²) in [6.07, 6.45) is 4.84. The number of phenols is 1. The summed E-state index contributed by atoms with van der Waals surface area (Å²) in [4.78, 5) is 0. The van der Waals surface area contributed by atoms with Crippen molar-refractivity contribution in [2.75, 3.05) is 0 Å². The molecule has 0 saturated heterocycles. The van der Waals surface area contributed by atoms with Crippen molar-refractivity contribution in [1.82, 2.24) is 0 Å². The van der Waals surface area contributed by atoms with Crippen LogP contribution in [-0.2, 0) is 6.42 Å². The first-order valence-electron chi connectivity index (χ1n) is 8.74. The highest BCUT2D eigenvalue weighted by Crippen LogP contribution is 2.62. The van der Waals surface area contributed by atoms with E-state index in [4.69, 9.17) is 0 Å². The Hall–Kier alpha value is -1.06. The Morgan fingerprint density at radius 1 is 1.23 bits per heavy atom. The van der Waals surface area contributed by atoms with Crippen molar-refractivity contribution in [3.8, 4) is 5.75 Å². The SMILES string of the molecule is CC[C@]12CC[C@@H]3c4ccc(O)cc4CC[C@@H]3[C@@H]1C[C@H](O)[C@@H]2O. The molecule has 0 spiro atoms. The average Bonchev–Trinajstić information content (AvgIpc) is 2.79. The van der Waals surface area contributed by atoms with Gasteiger partial charge in [-0.2, -0.15) is 0 Å². The number of hydrogen-bond acceptors (Lipinski definition) is 3. The van der Waals surface area contributed by atoms with Gasteiger partial charge >= 0.3 is 0 Å². The highest BCUT2D eigenvalue weighted by atomic mass is 16.3. The van der Waals surface area contributed by atoms with E-state index >= 15 is 0 Å². The van der Waals surface area contributed by atoms with Crippen LogP contribution in [0.25, 0.3) is 0 Å². The summed E-state index contributed by atoms with van der Waals surface area (Å²) in [5, 5.41) is 30.6. The van der Waals surface area contributed by atoms with E-state index in [9.17, 15) is 15.3 Å². The molecular formula is C19H26O3. The first-order chi connectivity index (χ1) is 10.6. The summed E-state index contributed by atoms with van der Waals surface area (Å²) in [6, 6.07) is 5.83. The predicted octanol–water partition coefficient (Wildman–Crippen LogP) is 2.97. The van der Waals surface area contributed by atoms with Gasteiger partial charge in [0.05, 0.1) is 12.2 Å². The third kappa shape index (κ3) is 1.82. The maximum absolute atomic E-state index is 10.6. The summed E-state index contributed by atoms with van der Waals surface area (Å²) in [7, 11) is 0. The van der Waals surface area contributed by atoms with Crippen LogP contribution < -0.4 is 0 Å². The number of hydrogen-bond donors (Lipinski definition) is 3. The smallest absolute Gasteiger partial charge is 0.115 e. The molecule has 2 saturated carbocycles. The average molecular weight is 302 g/mol. The van der Waals surface area contributed by atoms with E-state index in [1.54, 1.807) is 6.07 Å². The van der Waals surface area contributed by atoms with Gasteiger partial charge in [-0.1, -0.05) is 13.0 Å². The Morgan fingerprint density at radius 3 is 2.82 bits per heavy atom. The quantitative estimate of drug-likeness (QED) is 0.747. The highest BCUT2D eigenvalue weighted by Gasteiger charge is 2.59. The fraction of sp³-hybridized carbons (Fsp3) is 0.684. The largest absolute Gasteiger partial charge is 0.508 e. The summed E-state index contributed by atoms with van der Waals surface area (Å²) < 4.78 is 0. The molecule has 3 heteroatoms. The second-order valence-corrected chi connectivity index (χ2v) is 7.67. The molecule has 120 valence electrons. The van der Waals surface area contributed by atoms with Crippen LogP contribution in [0.3, 0.4) is 0 Å². The Labute approximate surface area is 132 Å². The zero-order valence-electron chi connectivity index (χ0n) is 13.2. The summed E-state index contributed by atoms with van der Waals surface area (Å²) >= 11 is 0. The third-order valence-corrected chi connectivity index (χ3v) is 7.07. The molecule has 0 unspecified atom stereocenters. The Morgan fingerprint density at radius 2 is 2.05 bits per heavy atom. The van der Waals surface area contributed by atoms with Gasteiger partial charge in [0.1, 0.15) is 5.75 Å². The number of aromatic hydroxyl groups is 1. The van der Waals surface area contributed by atoms with E-state index < -0.39 is 12.2 Å². The molecule has 0 aromatic heterocycles. The number of phenolic OH excluding ortho intramolecular Hbond substituents is 1. The molecule has 3 aliphatic carbocycles. The first-order valence-corrected chi connectivity index (χ1v) is 8.74. The molecule has 1 aromatic carbocycles. The van der Waals surface area contributed by atoms with Crippen molar-refractivity contribution in [3.63, 3.8) is 0 Å². The predicted molar refractivity (Wildman–Crippen MR) is 84.7 cm³/mol. The van der Waals surface area contributed by atoms with Crippen LogP contribution in [0.2, 0.25) is 0 Å². The van der Waals surface area contributed by atoms with Crippen molar-refractivity contribution in [1.29, 1.82) is 0 Å². The maximum atomic E-state index is 10.6. The second-order valence-electron chi connectivity index (χ2n) is 7.67. The van der Waals surface area contributed by atoms with E-state index in [2.05, 4.69) is 13.0 Å². The molecule has 0 radical (unpaired) electrons. The van der Waals surface area contributed by atoms with Crippen LogP contribution in [0.5, 0.6) is 5.75 Å². The van der Waals surface area contributed by atoms with Crippen molar-refractivity contribution in [2.45, 2.75) is 63.6 Å². The second kappa shape index (κ2) is 4.97. The van der Waals surface area contributed by atoms with Gasteiger partial charge in [0.2, 0.25) is 0 Å². The van der Waals surface area contributed by atoms with Gasteiger partial charge in [0.15, 0.2) is 0 Å². The highest BCUT2D eigenvalue weighted by molar-refractivity contribution is 5.40. The minimum absolute atomic E-state index is 0.0744. The minimum Gasteiger partial charge on any atom is -0.508 e. The van der Waals surface area contributed by atoms with Gasteiger partial charge in [0.25, 0.3) is 0 Å². The number of aliphatic hydroxyl groups is 2. The van der Waals surface area contributed by atoms with Crippen LogP contribution in [-0.4, -0.2) is 27.5 Å². The molecule has 2 fully saturated rings. The normalized spacial score (nSPS) is 43.3. The molecule has 0 heterocycles. The van der Waals surface area contributed by atoms with Gasteiger partial charge in [0, 0.05) is 5.41 Å². The number of fused-ring (bicyclic) bond motifs is 5. The van der Waals surface area contributed by atoms with Gasteiger partial charge < -0.3 is 15.3 Å². The molecular weight excluding hydrogens is 276 g/mol. The molecule has 0 aliphatic heterocycles. The molecule has 3 nitrogen and oxygen atoms in total. The lowest BCUT2D eigenvalue weighted by atomic mass is 9.54. The van der Waals surface area contributed by atoms with Crippen LogP contribution in [0.4, 0.5) is 0 Å². The van der Waals surface area contributed by atoms with E-state index in [0.29, 0.717) is 23.5 Å². The zero-order chi connectivity index (χ0) is 15.5. The molecule has 6 atom stereocenters. The Kier molecular flexibility index (Phi) is 3.28. The van der Waals surface area contributed by atoms with Crippen molar-refractivity contribution in [3.05, 3.63) is 29.3 Å². The number of aryl methyl sites for hydroxylation is 1. The van der Waals surface area contributed by atoms with Gasteiger partial charge in [-0.15, -0.1) is 0 Å². The van der Waals surface area contributed by atoms with Crippen molar-refractivity contribution >= 4 is 0 Å². The van der Waals surface area contributed by atoms with E-state index in [-0.39, 0.29) is 5.41 Å². The standard InChI is InChI=1S/C19H26O3/c1-2-19-8-7-14-13-6-4-12(20)9-11(13)3-5-15(14)16(19)10-17(21)18(19)22/h4,6,9,14-18,20-22H,2-3,5,7-8,10H2,1H3/t14-,15+,16+,17+,18+,19+/m1/s1. The van der Waals surface area contributed by atoms with Crippen LogP contribution in [0, 0.1) is 17.3 Å². The van der Waals surface area contributed by atoms with Crippen LogP contribution in [0.1, 0.15) is 56.1 Å². The maximum Gasteiger partial charge on any atom is 0.115 e. The summed E-state index contributed by atoms with van der Waals surface area (Å²) in [5.74, 6) is 1.90. The molecule has 0 bridgehead atoms. The molecule has 3 N–H and O–H groups in total. The molecule has 1 aromatic rings. The fourth-order valence-corrected chi connectivity index (χ4v) is 6.01. The Balaban J connectivity index is 1.72. The van der Waals surface area contributed by atoms with Gasteiger partial charge in [-0.05, 0) is 79.5 Å². The molecule has 0 amide bonds. The lowest BCUT2D eigenvalue weighted by molar-refractivity contribution is -0.0641. The minimum atomic E-state index is -0.551. The molecule has 3 aliphatic rings. The molecule has 4 rings (SSSR count). The number of benzene rings is 1. The summed E-state index contributed by atoms with van der Waals surface area (Å²) in [5.41, 5.74) is 2.62. The monoisotopic (exact) mass is 302 g/mol. The Bertz CT molecular complexity index is 584. The van der Waals surface area contributed by atoms with E-state index in [0.717, 1.165) is 38.5 Å². The lowest BCUT2D eigenvalue weighted by Crippen LogP contribution is -2.46. The van der Waals surface area contributed by atoms with Crippen LogP contribution >= 0.6 is 0 Å². The number of aliphatic hydroxyl groups excluding tert-OH is 2. The van der Waals surface area contributed by atoms with Crippen molar-refractivity contribution in [2.24, 2.45) is 17.3 Å². The fourth-order valence-electron chi connectivity index (χ4n) is 6.01. The topological polar surface area (TPSA) is 60.7 Å². The zero-order valence-corrected chi connectivity index (χ0v) is 13.2. The van der Waals surface area contributed by atoms with Gasteiger partial charge in [-0.3, -0.25) is 0 Å². The number of rotatable bonds is 1. The van der Waals surface area contributed by atoms with Crippen molar-refractivity contribution < 1.29 is 15.3 Å². The third-order valence-electron chi connectivity index (χ3n) is 7.07. The van der Waals surface area contributed by atoms with Gasteiger partial charge in [-0.25, -0.2) is 0 Å². The lowest BCUT2D eigenvalue weighted by Gasteiger charge is -2.51. The first kappa shape index (κ1) is 14.5. The summed E-state index contributed by atoms with van der Waals surface area (Å²) in [6.45, 7) is 2.17.